The number of hydrogen-bond acceptors (Lipinski definition) is 5. The monoisotopic (exact) mass is 227 g/mol. The van der Waals surface area contributed by atoms with E-state index >= 15 is 0 Å². The Balaban J connectivity index is 2.29. The zero-order valence-corrected chi connectivity index (χ0v) is 8.26. The lowest BCUT2D eigenvalue weighted by atomic mass is 10.4. The van der Waals surface area contributed by atoms with Gasteiger partial charge in [0.1, 0.15) is 9.99 Å². The van der Waals surface area contributed by atoms with E-state index in [0.29, 0.717) is 0 Å². The Morgan fingerprint density at radius 3 is 2.60 bits per heavy atom. The van der Waals surface area contributed by atoms with Crippen LogP contribution in [-0.4, -0.2) is 23.9 Å². The molecule has 0 amide bonds. The maximum Gasteiger partial charge on any atom is 0.371 e. The molecule has 0 radical (unpaired) electrons. The number of nitrogens with one attached hydrogen (secondary N) is 1. The number of benzene rings is 1. The van der Waals surface area contributed by atoms with Crippen LogP contribution in [0, 0.1) is 0 Å². The molecular formula is C7H7N4O3S+. The highest BCUT2D eigenvalue weighted by Crippen LogP contribution is 2.06. The average Bonchev–Trinajstić information content (AvgIpc) is 2.71. The Bertz CT molecular complexity index is 523. The van der Waals surface area contributed by atoms with Crippen LogP contribution in [0.5, 0.6) is 0 Å². The van der Waals surface area contributed by atoms with Crippen LogP contribution in [0.15, 0.2) is 41.6 Å². The van der Waals surface area contributed by atoms with E-state index in [9.17, 15) is 8.42 Å². The molecule has 78 valence electrons. The quantitative estimate of drug-likeness (QED) is 0.673. The first-order valence-electron chi connectivity index (χ1n) is 3.96. The van der Waals surface area contributed by atoms with Gasteiger partial charge in [-0.1, -0.05) is 18.2 Å². The minimum absolute atomic E-state index is 0.0621. The van der Waals surface area contributed by atoms with Gasteiger partial charge in [0.2, 0.25) is 0 Å². The summed E-state index contributed by atoms with van der Waals surface area (Å²) in [4.78, 5) is 0.856. The average molecular weight is 227 g/mol. The van der Waals surface area contributed by atoms with E-state index in [-0.39, 0.29) is 4.90 Å². The first-order valence-corrected chi connectivity index (χ1v) is 5.37. The van der Waals surface area contributed by atoms with E-state index in [2.05, 4.69) is 19.8 Å². The summed E-state index contributed by atoms with van der Waals surface area (Å²) in [6, 6.07) is 7.78. The number of aromatic amines is 1. The molecule has 0 saturated heterocycles. The highest BCUT2D eigenvalue weighted by Gasteiger charge is 2.19. The molecule has 0 spiro atoms. The largest absolute Gasteiger partial charge is 0.371 e. The lowest BCUT2D eigenvalue weighted by Gasteiger charge is -1.99. The van der Waals surface area contributed by atoms with Crippen molar-refractivity contribution < 1.29 is 17.5 Å². The third-order valence-electron chi connectivity index (χ3n) is 1.57. The van der Waals surface area contributed by atoms with Gasteiger partial charge in [0, 0.05) is 4.85 Å². The molecule has 0 atom stereocenters. The fraction of sp³-hybridized carbons (Fsp3) is 0. The standard InChI is InChI=1S/C7H6N4O3S/c12-15(13,7-4-2-1-3-5-7)14-11-6-8-9-10-11/h1-6H/p+1. The first-order chi connectivity index (χ1) is 7.18. The molecule has 1 aromatic heterocycles. The van der Waals surface area contributed by atoms with Crippen molar-refractivity contribution in [2.75, 3.05) is 0 Å². The second kappa shape index (κ2) is 3.65. The smallest absolute Gasteiger partial charge is 0.203 e. The maximum atomic E-state index is 11.6. The van der Waals surface area contributed by atoms with Gasteiger partial charge in [-0.25, -0.2) is 4.28 Å². The second-order valence-electron chi connectivity index (χ2n) is 2.60. The number of hydrogen-bond donors (Lipinski definition) is 1. The molecule has 1 heterocycles. The normalized spacial score (nSPS) is 11.2. The fourth-order valence-corrected chi connectivity index (χ4v) is 1.80. The minimum atomic E-state index is -3.83. The van der Waals surface area contributed by atoms with Crippen LogP contribution in [0.4, 0.5) is 0 Å². The van der Waals surface area contributed by atoms with Crippen LogP contribution in [0.2, 0.25) is 0 Å². The van der Waals surface area contributed by atoms with Crippen molar-refractivity contribution in [2.24, 2.45) is 0 Å². The number of aromatic nitrogens is 4. The summed E-state index contributed by atoms with van der Waals surface area (Å²) in [7, 11) is -3.83. The molecule has 0 aliphatic carbocycles. The van der Waals surface area contributed by atoms with Gasteiger partial charge in [0.05, 0.1) is 0 Å². The molecule has 0 aliphatic rings. The predicted octanol–water partition coefficient (Wildman–Crippen LogP) is -1.09. The van der Waals surface area contributed by atoms with Gasteiger partial charge >= 0.3 is 16.4 Å². The van der Waals surface area contributed by atoms with Crippen molar-refractivity contribution in [3.05, 3.63) is 36.7 Å². The van der Waals surface area contributed by atoms with E-state index < -0.39 is 10.1 Å². The van der Waals surface area contributed by atoms with Gasteiger partial charge in [-0.05, 0) is 17.3 Å². The third kappa shape index (κ3) is 2.10. The molecule has 1 N–H and O–H groups in total. The van der Waals surface area contributed by atoms with Crippen molar-refractivity contribution in [2.45, 2.75) is 4.90 Å². The number of nitrogens with zero attached hydrogens (tertiary/aromatic N) is 3. The van der Waals surface area contributed by atoms with Gasteiger partial charge in [0.15, 0.2) is 5.21 Å². The summed E-state index contributed by atoms with van der Waals surface area (Å²) in [6.45, 7) is 0. The van der Waals surface area contributed by atoms with Gasteiger partial charge in [-0.15, -0.1) is 0 Å². The Kier molecular flexibility index (Phi) is 2.34. The molecule has 1 aromatic carbocycles. The van der Waals surface area contributed by atoms with Crippen molar-refractivity contribution >= 4 is 10.1 Å². The minimum Gasteiger partial charge on any atom is -0.203 e. The Labute approximate surface area is 85.4 Å². The zero-order valence-electron chi connectivity index (χ0n) is 7.44. The molecule has 15 heavy (non-hydrogen) atoms. The molecule has 8 heteroatoms. The summed E-state index contributed by atoms with van der Waals surface area (Å²) in [5, 5.41) is 8.88. The fourth-order valence-electron chi connectivity index (χ4n) is 0.940. The summed E-state index contributed by atoms with van der Waals surface area (Å²) in [5.74, 6) is 0. The van der Waals surface area contributed by atoms with Gasteiger partial charge in [0.25, 0.3) is 0 Å². The van der Waals surface area contributed by atoms with Crippen LogP contribution < -0.4 is 9.13 Å². The van der Waals surface area contributed by atoms with Crippen molar-refractivity contribution in [1.29, 1.82) is 0 Å². The van der Waals surface area contributed by atoms with Gasteiger partial charge in [-0.2, -0.15) is 8.42 Å². The topological polar surface area (TPSA) is 88.8 Å². The zero-order chi connectivity index (χ0) is 10.7. The maximum absolute atomic E-state index is 11.6. The third-order valence-corrected chi connectivity index (χ3v) is 2.77. The summed E-state index contributed by atoms with van der Waals surface area (Å²) in [6.07, 6.45) is 1.10. The van der Waals surface area contributed by atoms with Crippen LogP contribution in [0.3, 0.4) is 0 Å². The molecule has 0 aliphatic heterocycles. The molecular weight excluding hydrogens is 220 g/mol. The van der Waals surface area contributed by atoms with Crippen molar-refractivity contribution in [3.63, 3.8) is 0 Å². The van der Waals surface area contributed by atoms with Crippen LogP contribution in [0.25, 0.3) is 0 Å². The van der Waals surface area contributed by atoms with E-state index in [0.717, 1.165) is 11.2 Å². The Morgan fingerprint density at radius 2 is 2.00 bits per heavy atom. The van der Waals surface area contributed by atoms with Gasteiger partial charge < -0.3 is 0 Å². The molecule has 2 aromatic rings. The van der Waals surface area contributed by atoms with E-state index in [1.54, 1.807) is 18.2 Å². The Hall–Kier alpha value is -1.96. The number of rotatable bonds is 3. The van der Waals surface area contributed by atoms with E-state index in [1.165, 1.54) is 12.1 Å². The van der Waals surface area contributed by atoms with Crippen LogP contribution in [0.1, 0.15) is 0 Å². The lowest BCUT2D eigenvalue weighted by molar-refractivity contribution is -0.903. The molecule has 0 saturated carbocycles. The lowest BCUT2D eigenvalue weighted by Crippen LogP contribution is -2.47. The summed E-state index contributed by atoms with van der Waals surface area (Å²) >= 11 is 0. The SMILES string of the molecule is O=S(=O)(O[n+]1cnn[nH]1)c1ccccc1. The summed E-state index contributed by atoms with van der Waals surface area (Å²) < 4.78 is 27.8. The van der Waals surface area contributed by atoms with E-state index in [1.807, 2.05) is 0 Å². The molecule has 7 nitrogen and oxygen atoms in total. The number of H-pyrrole nitrogens is 1. The van der Waals surface area contributed by atoms with E-state index in [4.69, 9.17) is 0 Å². The molecule has 0 unspecified atom stereocenters. The number of tetrazole rings is 1. The predicted molar refractivity (Wildman–Crippen MR) is 46.8 cm³/mol. The Morgan fingerprint density at radius 1 is 1.27 bits per heavy atom. The molecule has 0 bridgehead atoms. The highest BCUT2D eigenvalue weighted by atomic mass is 32.2. The van der Waals surface area contributed by atoms with Gasteiger partial charge in [-0.3, -0.25) is 0 Å². The summed E-state index contributed by atoms with van der Waals surface area (Å²) in [5.41, 5.74) is 0. The van der Waals surface area contributed by atoms with Crippen molar-refractivity contribution in [1.82, 2.24) is 15.5 Å². The highest BCUT2D eigenvalue weighted by molar-refractivity contribution is 7.86. The molecule has 0 fully saturated rings. The first kappa shape index (κ1) is 9.59. The second-order valence-corrected chi connectivity index (χ2v) is 4.13. The van der Waals surface area contributed by atoms with Crippen LogP contribution in [-0.2, 0) is 10.1 Å². The van der Waals surface area contributed by atoms with Crippen molar-refractivity contribution in [3.8, 4) is 0 Å². The molecule has 2 rings (SSSR count). The van der Waals surface area contributed by atoms with Crippen LogP contribution >= 0.6 is 0 Å².